The molecule has 0 unspecified atom stereocenters. The number of amides is 2. The molecule has 0 spiro atoms. The van der Waals surface area contributed by atoms with Crippen LogP contribution in [-0.4, -0.2) is 24.1 Å². The summed E-state index contributed by atoms with van der Waals surface area (Å²) < 4.78 is 5.21. The zero-order valence-corrected chi connectivity index (χ0v) is 12.3. The van der Waals surface area contributed by atoms with Crippen LogP contribution < -0.4 is 10.1 Å². The van der Waals surface area contributed by atoms with Crippen LogP contribution in [0.1, 0.15) is 12.5 Å². The highest BCUT2D eigenvalue weighted by Crippen LogP contribution is 2.31. The Kier molecular flexibility index (Phi) is 4.46. The van der Waals surface area contributed by atoms with Gasteiger partial charge in [0.1, 0.15) is 5.75 Å². The molecule has 1 aromatic rings. The summed E-state index contributed by atoms with van der Waals surface area (Å²) in [6.45, 7) is 1.36. The number of amidine groups is 1. The molecular formula is C13H11ClN2O3S. The van der Waals surface area contributed by atoms with Gasteiger partial charge in [-0.15, -0.1) is 0 Å². The predicted octanol–water partition coefficient (Wildman–Crippen LogP) is 2.46. The van der Waals surface area contributed by atoms with Crippen molar-refractivity contribution in [3.8, 4) is 5.75 Å². The summed E-state index contributed by atoms with van der Waals surface area (Å²) >= 11 is 7.03. The Labute approximate surface area is 125 Å². The molecule has 1 aromatic carbocycles. The van der Waals surface area contributed by atoms with E-state index < -0.39 is 5.91 Å². The summed E-state index contributed by atoms with van der Waals surface area (Å²) in [6.07, 6.45) is 1.63. The SMILES string of the molecule is COc1ccc(Cl)cc1/C=C1\SC(NC(C)=O)=NC1=O. The molecule has 0 bridgehead atoms. The number of hydrogen-bond donors (Lipinski definition) is 1. The monoisotopic (exact) mass is 310 g/mol. The predicted molar refractivity (Wildman–Crippen MR) is 79.8 cm³/mol. The van der Waals surface area contributed by atoms with Crippen molar-refractivity contribution in [2.24, 2.45) is 4.99 Å². The Bertz CT molecular complexity index is 641. The Hall–Kier alpha value is -1.79. The number of rotatable bonds is 2. The van der Waals surface area contributed by atoms with E-state index in [9.17, 15) is 9.59 Å². The quantitative estimate of drug-likeness (QED) is 0.852. The maximum Gasteiger partial charge on any atom is 0.286 e. The molecule has 1 N–H and O–H groups in total. The summed E-state index contributed by atoms with van der Waals surface area (Å²) in [7, 11) is 1.54. The fourth-order valence-corrected chi connectivity index (χ4v) is 2.60. The van der Waals surface area contributed by atoms with Gasteiger partial charge in [0.05, 0.1) is 12.0 Å². The van der Waals surface area contributed by atoms with Crippen molar-refractivity contribution in [1.82, 2.24) is 5.32 Å². The van der Waals surface area contributed by atoms with Crippen LogP contribution in [0.25, 0.3) is 6.08 Å². The lowest BCUT2D eigenvalue weighted by Crippen LogP contribution is -2.23. The lowest BCUT2D eigenvalue weighted by Gasteiger charge is -2.05. The standard InChI is InChI=1S/C13H11ClN2O3S/c1-7(17)15-13-16-12(18)11(20-13)6-8-5-9(14)3-4-10(8)19-2/h3-6H,1-2H3,(H,15,16,17,18)/b11-6-. The maximum atomic E-state index is 11.8. The molecule has 1 heterocycles. The van der Waals surface area contributed by atoms with Crippen molar-refractivity contribution >= 4 is 46.4 Å². The Morgan fingerprint density at radius 1 is 1.50 bits per heavy atom. The molecule has 0 aromatic heterocycles. The third kappa shape index (κ3) is 3.40. The maximum absolute atomic E-state index is 11.8. The molecule has 7 heteroatoms. The van der Waals surface area contributed by atoms with Gasteiger partial charge in [0.2, 0.25) is 5.91 Å². The second-order valence-electron chi connectivity index (χ2n) is 3.90. The Morgan fingerprint density at radius 3 is 2.90 bits per heavy atom. The third-order valence-electron chi connectivity index (χ3n) is 2.38. The molecule has 0 fully saturated rings. The van der Waals surface area contributed by atoms with Crippen LogP contribution in [0, 0.1) is 0 Å². The first-order valence-electron chi connectivity index (χ1n) is 5.63. The van der Waals surface area contributed by atoms with Gasteiger partial charge in [-0.3, -0.25) is 9.59 Å². The highest BCUT2D eigenvalue weighted by Gasteiger charge is 2.23. The van der Waals surface area contributed by atoms with Gasteiger partial charge < -0.3 is 10.1 Å². The second-order valence-corrected chi connectivity index (χ2v) is 5.37. The second kappa shape index (κ2) is 6.11. The van der Waals surface area contributed by atoms with Crippen LogP contribution in [0.5, 0.6) is 5.75 Å². The molecule has 0 atom stereocenters. The first kappa shape index (κ1) is 14.6. The van der Waals surface area contributed by atoms with Gasteiger partial charge in [0.15, 0.2) is 5.17 Å². The number of carbonyl (C=O) groups excluding carboxylic acids is 2. The van der Waals surface area contributed by atoms with Gasteiger partial charge in [-0.2, -0.15) is 4.99 Å². The minimum Gasteiger partial charge on any atom is -0.496 e. The smallest absolute Gasteiger partial charge is 0.286 e. The minimum atomic E-state index is -0.402. The van der Waals surface area contributed by atoms with Crippen molar-refractivity contribution in [1.29, 1.82) is 0 Å². The van der Waals surface area contributed by atoms with Crippen LogP contribution in [-0.2, 0) is 9.59 Å². The summed E-state index contributed by atoms with van der Waals surface area (Å²) in [5.74, 6) is -0.0744. The molecule has 104 valence electrons. The summed E-state index contributed by atoms with van der Waals surface area (Å²) in [6, 6.07) is 5.11. The fraction of sp³-hybridized carbons (Fsp3) is 0.154. The van der Waals surface area contributed by atoms with Crippen LogP contribution in [0.2, 0.25) is 5.02 Å². The lowest BCUT2D eigenvalue weighted by molar-refractivity contribution is -0.117. The molecule has 0 aliphatic carbocycles. The average Bonchev–Trinajstić information content (AvgIpc) is 2.69. The molecule has 0 saturated heterocycles. The Balaban J connectivity index is 2.27. The van der Waals surface area contributed by atoms with Crippen molar-refractivity contribution in [3.63, 3.8) is 0 Å². The first-order chi connectivity index (χ1) is 9.49. The molecule has 5 nitrogen and oxygen atoms in total. The highest BCUT2D eigenvalue weighted by atomic mass is 35.5. The van der Waals surface area contributed by atoms with Crippen molar-refractivity contribution in [2.75, 3.05) is 7.11 Å². The number of aliphatic imine (C=N–C) groups is 1. The number of halogens is 1. The minimum absolute atomic E-state index is 0.273. The van der Waals surface area contributed by atoms with Gasteiger partial charge >= 0.3 is 0 Å². The van der Waals surface area contributed by atoms with Crippen LogP contribution in [0.15, 0.2) is 28.1 Å². The van der Waals surface area contributed by atoms with Gasteiger partial charge in [-0.25, -0.2) is 0 Å². The number of hydrogen-bond acceptors (Lipinski definition) is 4. The number of thioether (sulfide) groups is 1. The van der Waals surface area contributed by atoms with Crippen LogP contribution in [0.4, 0.5) is 0 Å². The summed E-state index contributed by atoms with van der Waals surface area (Å²) in [4.78, 5) is 26.8. The first-order valence-corrected chi connectivity index (χ1v) is 6.82. The zero-order valence-electron chi connectivity index (χ0n) is 10.8. The normalized spacial score (nSPS) is 16.2. The van der Waals surface area contributed by atoms with Gasteiger partial charge in [0.25, 0.3) is 5.91 Å². The van der Waals surface area contributed by atoms with E-state index in [0.29, 0.717) is 21.2 Å². The zero-order chi connectivity index (χ0) is 14.7. The number of ether oxygens (including phenoxy) is 1. The molecule has 1 aliphatic rings. The molecule has 0 saturated carbocycles. The highest BCUT2D eigenvalue weighted by molar-refractivity contribution is 8.18. The lowest BCUT2D eigenvalue weighted by atomic mass is 10.2. The molecule has 2 amide bonds. The van der Waals surface area contributed by atoms with E-state index in [0.717, 1.165) is 11.8 Å². The van der Waals surface area contributed by atoms with E-state index in [1.54, 1.807) is 24.3 Å². The average molecular weight is 311 g/mol. The van der Waals surface area contributed by atoms with Crippen molar-refractivity contribution < 1.29 is 14.3 Å². The van der Waals surface area contributed by atoms with E-state index in [-0.39, 0.29) is 11.1 Å². The Morgan fingerprint density at radius 2 is 2.25 bits per heavy atom. The van der Waals surface area contributed by atoms with Gasteiger partial charge in [0, 0.05) is 17.5 Å². The van der Waals surface area contributed by atoms with E-state index in [4.69, 9.17) is 16.3 Å². The molecule has 0 radical (unpaired) electrons. The number of benzene rings is 1. The topological polar surface area (TPSA) is 67.8 Å². The van der Waals surface area contributed by atoms with Crippen molar-refractivity contribution in [2.45, 2.75) is 6.92 Å². The number of methoxy groups -OCH3 is 1. The van der Waals surface area contributed by atoms with Crippen molar-refractivity contribution in [3.05, 3.63) is 33.7 Å². The molecular weight excluding hydrogens is 300 g/mol. The molecule has 2 rings (SSSR count). The van der Waals surface area contributed by atoms with E-state index in [1.165, 1.54) is 14.0 Å². The largest absolute Gasteiger partial charge is 0.496 e. The number of nitrogens with zero attached hydrogens (tertiary/aromatic N) is 1. The van der Waals surface area contributed by atoms with Gasteiger partial charge in [-0.05, 0) is 36.0 Å². The van der Waals surface area contributed by atoms with E-state index in [1.807, 2.05) is 0 Å². The van der Waals surface area contributed by atoms with Crippen LogP contribution in [0.3, 0.4) is 0 Å². The fourth-order valence-electron chi connectivity index (χ4n) is 1.57. The summed E-state index contributed by atoms with van der Waals surface area (Å²) in [5.41, 5.74) is 0.676. The summed E-state index contributed by atoms with van der Waals surface area (Å²) in [5, 5.41) is 3.29. The van der Waals surface area contributed by atoms with E-state index in [2.05, 4.69) is 10.3 Å². The van der Waals surface area contributed by atoms with Gasteiger partial charge in [-0.1, -0.05) is 11.6 Å². The number of carbonyl (C=O) groups is 2. The number of nitrogens with one attached hydrogen (secondary N) is 1. The van der Waals surface area contributed by atoms with Crippen LogP contribution >= 0.6 is 23.4 Å². The molecule has 1 aliphatic heterocycles. The molecule has 20 heavy (non-hydrogen) atoms. The third-order valence-corrected chi connectivity index (χ3v) is 3.52. The van der Waals surface area contributed by atoms with E-state index >= 15 is 0 Å².